The normalized spacial score (nSPS) is 20.9. The maximum absolute atomic E-state index is 15.3. The highest BCUT2D eigenvalue weighted by molar-refractivity contribution is 7.13. The first-order valence-electron chi connectivity index (χ1n) is 10.8. The molecule has 2 aliphatic heterocycles. The average molecular weight is 531 g/mol. The highest BCUT2D eigenvalue weighted by Crippen LogP contribution is 2.37. The second-order valence-corrected chi connectivity index (χ2v) is 9.83. The topological polar surface area (TPSA) is 102 Å². The smallest absolute Gasteiger partial charge is 0.454 e. The number of nitrogens with zero attached hydrogens (tertiary/aromatic N) is 3. The van der Waals surface area contributed by atoms with Crippen LogP contribution in [-0.2, 0) is 14.3 Å². The zero-order valence-corrected chi connectivity index (χ0v) is 21.1. The number of ether oxygens (including phenoxy) is 2. The summed E-state index contributed by atoms with van der Waals surface area (Å²) in [7, 11) is 0. The van der Waals surface area contributed by atoms with E-state index in [1.165, 1.54) is 5.51 Å². The molecule has 0 aliphatic carbocycles. The molecule has 9 nitrogen and oxygen atoms in total. The molecule has 1 amide bonds. The van der Waals surface area contributed by atoms with Gasteiger partial charge in [-0.3, -0.25) is 0 Å². The molecule has 2 atom stereocenters. The Morgan fingerprint density at radius 3 is 2.54 bits per heavy atom. The lowest BCUT2D eigenvalue weighted by Gasteiger charge is -2.35. The lowest BCUT2D eigenvalue weighted by atomic mass is 9.98. The number of quaternary nitrogens is 1. The van der Waals surface area contributed by atoms with Gasteiger partial charge in [-0.15, -0.1) is 22.6 Å². The number of benzene rings is 1. The van der Waals surface area contributed by atoms with Gasteiger partial charge in [0.25, 0.3) is 6.17 Å². The SMILES string of the molecule is CC(C)(C)OC(=O)C(Nc1nncs1)[N@+]1(c2cc(F)c(C3=CCNCC3)c(F)c2)CCOC1=O.Cl. The van der Waals surface area contributed by atoms with Gasteiger partial charge in [-0.05, 0) is 39.3 Å². The molecule has 0 radical (unpaired) electrons. The van der Waals surface area contributed by atoms with Crippen molar-refractivity contribution in [3.63, 3.8) is 0 Å². The molecule has 35 heavy (non-hydrogen) atoms. The Hall–Kier alpha value is -2.67. The molecule has 1 aromatic heterocycles. The second-order valence-electron chi connectivity index (χ2n) is 9.00. The number of hydrogen-bond donors (Lipinski definition) is 2. The van der Waals surface area contributed by atoms with Gasteiger partial charge in [-0.25, -0.2) is 13.6 Å². The fourth-order valence-electron chi connectivity index (χ4n) is 4.11. The Balaban J connectivity index is 0.00000342. The highest BCUT2D eigenvalue weighted by Gasteiger charge is 2.57. The van der Waals surface area contributed by atoms with Crippen LogP contribution in [0.25, 0.3) is 5.57 Å². The number of hydrogen-bond acceptors (Lipinski definition) is 9. The molecular formula is C22H27ClF2N5O4S+. The zero-order valence-electron chi connectivity index (χ0n) is 19.5. The van der Waals surface area contributed by atoms with Gasteiger partial charge in [-0.2, -0.15) is 9.28 Å². The van der Waals surface area contributed by atoms with E-state index in [0.717, 1.165) is 23.5 Å². The van der Waals surface area contributed by atoms with Gasteiger partial charge in [0.15, 0.2) is 5.69 Å². The van der Waals surface area contributed by atoms with Crippen LogP contribution in [0.3, 0.4) is 0 Å². The van der Waals surface area contributed by atoms with Crippen LogP contribution in [-0.4, -0.2) is 60.3 Å². The number of cyclic esters (lactones) is 1. The Kier molecular flexibility index (Phi) is 8.10. The standard InChI is InChI=1S/C22H26F2N5O4S.ClH/c1-22(2,3)33-19(30)18(27-20-28-26-12-34-20)29(8-9-32-21(29)31)14-10-15(23)17(16(24)11-14)13-4-6-25-7-5-13;/h4,10-12,18,25H,5-9H2,1-3H3,(H,27,28);1H/q+1;/t18?,29-;/m1./s1. The van der Waals surface area contributed by atoms with E-state index in [1.54, 1.807) is 26.8 Å². The third kappa shape index (κ3) is 5.45. The molecular weight excluding hydrogens is 504 g/mol. The van der Waals surface area contributed by atoms with E-state index >= 15 is 8.78 Å². The van der Waals surface area contributed by atoms with Gasteiger partial charge in [-0.1, -0.05) is 17.4 Å². The van der Waals surface area contributed by atoms with Crippen LogP contribution in [0.4, 0.5) is 24.4 Å². The maximum Gasteiger partial charge on any atom is 0.523 e. The molecule has 190 valence electrons. The van der Waals surface area contributed by atoms with Crippen molar-refractivity contribution in [1.29, 1.82) is 0 Å². The van der Waals surface area contributed by atoms with Gasteiger partial charge < -0.3 is 20.1 Å². The predicted octanol–water partition coefficient (Wildman–Crippen LogP) is 3.85. The summed E-state index contributed by atoms with van der Waals surface area (Å²) >= 11 is 1.10. The number of esters is 1. The number of amides is 1. The molecule has 4 rings (SSSR count). The molecule has 2 N–H and O–H groups in total. The van der Waals surface area contributed by atoms with E-state index < -0.39 is 39.9 Å². The zero-order chi connectivity index (χ0) is 24.5. The molecule has 0 bridgehead atoms. The van der Waals surface area contributed by atoms with Gasteiger partial charge in [0.1, 0.15) is 35.9 Å². The van der Waals surface area contributed by atoms with E-state index in [-0.39, 0.29) is 41.9 Å². The summed E-state index contributed by atoms with van der Waals surface area (Å²) in [4.78, 5) is 26.5. The molecule has 13 heteroatoms. The summed E-state index contributed by atoms with van der Waals surface area (Å²) in [5.41, 5.74) is 0.910. The van der Waals surface area contributed by atoms with Crippen molar-refractivity contribution in [2.45, 2.75) is 39.0 Å². The summed E-state index contributed by atoms with van der Waals surface area (Å²) in [5.74, 6) is -2.44. The lowest BCUT2D eigenvalue weighted by molar-refractivity contribution is -0.158. The Labute approximate surface area is 211 Å². The van der Waals surface area contributed by atoms with Crippen LogP contribution in [0.15, 0.2) is 23.7 Å². The van der Waals surface area contributed by atoms with Crippen LogP contribution in [0.1, 0.15) is 32.8 Å². The fraction of sp³-hybridized carbons (Fsp3) is 0.455. The molecule has 1 fully saturated rings. The van der Waals surface area contributed by atoms with Crippen molar-refractivity contribution in [2.24, 2.45) is 0 Å². The van der Waals surface area contributed by atoms with Gasteiger partial charge in [0.2, 0.25) is 5.13 Å². The summed E-state index contributed by atoms with van der Waals surface area (Å²) in [6.07, 6.45) is -0.0426. The monoisotopic (exact) mass is 530 g/mol. The van der Waals surface area contributed by atoms with Crippen molar-refractivity contribution in [1.82, 2.24) is 20.0 Å². The molecule has 0 spiro atoms. The first-order chi connectivity index (χ1) is 16.1. The number of nitrogens with one attached hydrogen (secondary N) is 2. The van der Waals surface area contributed by atoms with E-state index in [1.807, 2.05) is 0 Å². The third-order valence-electron chi connectivity index (χ3n) is 5.56. The minimum Gasteiger partial charge on any atom is -0.454 e. The fourth-order valence-corrected chi connectivity index (χ4v) is 4.58. The van der Waals surface area contributed by atoms with Crippen LogP contribution in [0.5, 0.6) is 0 Å². The molecule has 1 saturated heterocycles. The molecule has 0 saturated carbocycles. The van der Waals surface area contributed by atoms with Crippen molar-refractivity contribution in [3.8, 4) is 0 Å². The first kappa shape index (κ1) is 26.9. The Bertz CT molecular complexity index is 1100. The molecule has 2 aromatic rings. The van der Waals surface area contributed by atoms with Crippen LogP contribution in [0.2, 0.25) is 0 Å². The van der Waals surface area contributed by atoms with Crippen molar-refractivity contribution < 1.29 is 27.8 Å². The maximum atomic E-state index is 15.3. The summed E-state index contributed by atoms with van der Waals surface area (Å²) < 4.78 is 40.6. The van der Waals surface area contributed by atoms with E-state index in [4.69, 9.17) is 9.47 Å². The Morgan fingerprint density at radius 2 is 2.03 bits per heavy atom. The highest BCUT2D eigenvalue weighted by atomic mass is 35.5. The first-order valence-corrected chi connectivity index (χ1v) is 11.7. The minimum absolute atomic E-state index is 0. The van der Waals surface area contributed by atoms with Crippen molar-refractivity contribution >= 4 is 52.2 Å². The number of aromatic nitrogens is 2. The number of carbonyl (C=O) groups excluding carboxylic acids is 2. The Morgan fingerprint density at radius 1 is 1.31 bits per heavy atom. The van der Waals surface area contributed by atoms with Crippen molar-refractivity contribution in [3.05, 3.63) is 40.9 Å². The van der Waals surface area contributed by atoms with Gasteiger partial charge >= 0.3 is 12.1 Å². The number of anilines is 1. The number of halogens is 3. The minimum atomic E-state index is -1.41. The van der Waals surface area contributed by atoms with E-state index in [0.29, 0.717) is 25.1 Å². The predicted molar refractivity (Wildman–Crippen MR) is 130 cm³/mol. The summed E-state index contributed by atoms with van der Waals surface area (Å²) in [6, 6.07) is 2.18. The molecule has 3 heterocycles. The lowest BCUT2D eigenvalue weighted by Crippen LogP contribution is -2.65. The van der Waals surface area contributed by atoms with Crippen LogP contribution in [0, 0.1) is 11.6 Å². The van der Waals surface area contributed by atoms with E-state index in [2.05, 4.69) is 20.8 Å². The van der Waals surface area contributed by atoms with Crippen LogP contribution >= 0.6 is 23.7 Å². The summed E-state index contributed by atoms with van der Waals surface area (Å²) in [6.45, 7) is 6.07. The largest absolute Gasteiger partial charge is 0.523 e. The molecule has 1 unspecified atom stereocenters. The van der Waals surface area contributed by atoms with Gasteiger partial charge in [0.05, 0.1) is 0 Å². The second kappa shape index (κ2) is 10.5. The molecule has 2 aliphatic rings. The van der Waals surface area contributed by atoms with Gasteiger partial charge in [0, 0.05) is 24.2 Å². The quantitative estimate of drug-likeness (QED) is 0.429. The van der Waals surface area contributed by atoms with Crippen LogP contribution < -0.4 is 15.1 Å². The van der Waals surface area contributed by atoms with E-state index in [9.17, 15) is 9.59 Å². The third-order valence-corrected chi connectivity index (χ3v) is 6.18. The molecule has 1 aromatic carbocycles. The average Bonchev–Trinajstić information content (AvgIpc) is 3.41. The number of rotatable bonds is 6. The summed E-state index contributed by atoms with van der Waals surface area (Å²) in [5, 5.41) is 13.9. The van der Waals surface area contributed by atoms with Crippen molar-refractivity contribution in [2.75, 3.05) is 31.6 Å². The number of carbonyl (C=O) groups is 2.